The second-order valence-electron chi connectivity index (χ2n) is 15.8. The molecule has 0 aliphatic carbocycles. The van der Waals surface area contributed by atoms with Crippen LogP contribution in [-0.4, -0.2) is 46.9 Å². The summed E-state index contributed by atoms with van der Waals surface area (Å²) in [5.74, 6) is -0.529. The maximum Gasteiger partial charge on any atom is 0.306 e. The summed E-state index contributed by atoms with van der Waals surface area (Å²) in [4.78, 5) is 25.9. The molecule has 3 unspecified atom stereocenters. The van der Waals surface area contributed by atoms with Crippen LogP contribution in [0.15, 0.2) is 48.6 Å². The lowest BCUT2D eigenvalue weighted by Crippen LogP contribution is -2.46. The number of ether oxygens (including phenoxy) is 1. The summed E-state index contributed by atoms with van der Waals surface area (Å²) in [6.07, 6.45) is 50.3. The number of allylic oxidation sites excluding steroid dienone is 8. The highest BCUT2D eigenvalue weighted by Gasteiger charge is 2.24. The van der Waals surface area contributed by atoms with Crippen LogP contribution in [-0.2, 0) is 14.3 Å². The Balaban J connectivity index is 4.65. The molecule has 0 aliphatic rings. The Hall–Kier alpha value is -2.18. The van der Waals surface area contributed by atoms with Crippen molar-refractivity contribution in [2.75, 3.05) is 6.61 Å². The van der Waals surface area contributed by atoms with Gasteiger partial charge in [-0.1, -0.05) is 204 Å². The molecule has 1 amide bonds. The molecule has 0 rings (SSSR count). The van der Waals surface area contributed by atoms with Gasteiger partial charge in [-0.15, -0.1) is 0 Å². The van der Waals surface area contributed by atoms with Crippen LogP contribution in [0.1, 0.15) is 226 Å². The average Bonchev–Trinajstić information content (AvgIpc) is 3.18. The van der Waals surface area contributed by atoms with Crippen LogP contribution < -0.4 is 5.32 Å². The minimum atomic E-state index is -0.799. The van der Waals surface area contributed by atoms with E-state index in [2.05, 4.69) is 74.7 Å². The number of esters is 1. The molecule has 0 saturated heterocycles. The van der Waals surface area contributed by atoms with Gasteiger partial charge in [0, 0.05) is 6.42 Å². The van der Waals surface area contributed by atoms with Crippen molar-refractivity contribution in [3.05, 3.63) is 48.6 Å². The normalized spacial score (nSPS) is 13.8. The first kappa shape index (κ1) is 52.8. The summed E-state index contributed by atoms with van der Waals surface area (Å²) >= 11 is 0. The zero-order valence-corrected chi connectivity index (χ0v) is 36.3. The molecular weight excluding hydrogens is 683 g/mol. The van der Waals surface area contributed by atoms with Crippen molar-refractivity contribution < 1.29 is 24.5 Å². The SMILES string of the molecule is CC/C=C/C/C=C/C/C=C/C/C=C/CCCC(CC(=O)NC(CO)C(O)CCCCCCCCCCCCCCC)OC(=O)CCCCCCCCCCC. The van der Waals surface area contributed by atoms with Gasteiger partial charge in [-0.3, -0.25) is 9.59 Å². The number of amides is 1. The van der Waals surface area contributed by atoms with Crippen molar-refractivity contribution >= 4 is 11.9 Å². The van der Waals surface area contributed by atoms with Gasteiger partial charge in [-0.2, -0.15) is 0 Å². The number of rotatable bonds is 41. The summed E-state index contributed by atoms with van der Waals surface area (Å²) < 4.78 is 5.86. The predicted molar refractivity (Wildman–Crippen MR) is 236 cm³/mol. The van der Waals surface area contributed by atoms with Crippen molar-refractivity contribution in [2.45, 2.75) is 244 Å². The molecule has 0 bridgehead atoms. The van der Waals surface area contributed by atoms with Gasteiger partial charge in [0.05, 0.1) is 25.2 Å². The number of hydrogen-bond donors (Lipinski definition) is 3. The van der Waals surface area contributed by atoms with E-state index >= 15 is 0 Å². The highest BCUT2D eigenvalue weighted by atomic mass is 16.5. The van der Waals surface area contributed by atoms with Gasteiger partial charge in [-0.25, -0.2) is 0 Å². The van der Waals surface area contributed by atoms with E-state index in [0.717, 1.165) is 77.0 Å². The summed E-state index contributed by atoms with van der Waals surface area (Å²) in [5.41, 5.74) is 0. The highest BCUT2D eigenvalue weighted by molar-refractivity contribution is 5.77. The molecule has 320 valence electrons. The van der Waals surface area contributed by atoms with E-state index in [9.17, 15) is 19.8 Å². The third-order valence-electron chi connectivity index (χ3n) is 10.4. The van der Waals surface area contributed by atoms with Crippen molar-refractivity contribution in [2.24, 2.45) is 0 Å². The Morgan fingerprint density at radius 1 is 0.545 bits per heavy atom. The first-order chi connectivity index (χ1) is 27.0. The van der Waals surface area contributed by atoms with Crippen molar-refractivity contribution in [1.29, 1.82) is 0 Å². The van der Waals surface area contributed by atoms with Crippen LogP contribution in [0, 0.1) is 0 Å². The number of aliphatic hydroxyl groups is 2. The topological polar surface area (TPSA) is 95.9 Å². The lowest BCUT2D eigenvalue weighted by Gasteiger charge is -2.24. The van der Waals surface area contributed by atoms with E-state index < -0.39 is 18.2 Å². The zero-order valence-electron chi connectivity index (χ0n) is 36.3. The molecule has 0 spiro atoms. The first-order valence-corrected chi connectivity index (χ1v) is 23.4. The largest absolute Gasteiger partial charge is 0.462 e. The molecule has 6 heteroatoms. The first-order valence-electron chi connectivity index (χ1n) is 23.4. The average molecular weight is 772 g/mol. The third-order valence-corrected chi connectivity index (χ3v) is 10.4. The fraction of sp³-hybridized carbons (Fsp3) is 0.796. The Kier molecular flexibility index (Phi) is 41.2. The Morgan fingerprint density at radius 3 is 1.45 bits per heavy atom. The second-order valence-corrected chi connectivity index (χ2v) is 15.8. The van der Waals surface area contributed by atoms with Crippen molar-refractivity contribution in [3.8, 4) is 0 Å². The van der Waals surface area contributed by atoms with Gasteiger partial charge >= 0.3 is 5.97 Å². The fourth-order valence-electron chi connectivity index (χ4n) is 6.90. The molecule has 55 heavy (non-hydrogen) atoms. The molecule has 0 aromatic heterocycles. The second kappa shape index (κ2) is 43.0. The van der Waals surface area contributed by atoms with Crippen LogP contribution in [0.4, 0.5) is 0 Å². The van der Waals surface area contributed by atoms with Crippen LogP contribution in [0.25, 0.3) is 0 Å². The molecule has 3 N–H and O–H groups in total. The number of unbranched alkanes of at least 4 members (excludes halogenated alkanes) is 21. The molecule has 0 saturated carbocycles. The van der Waals surface area contributed by atoms with Crippen LogP contribution in [0.2, 0.25) is 0 Å². The van der Waals surface area contributed by atoms with Crippen molar-refractivity contribution in [1.82, 2.24) is 5.32 Å². The summed E-state index contributed by atoms with van der Waals surface area (Å²) in [6, 6.07) is -0.715. The quantitative estimate of drug-likeness (QED) is 0.0327. The smallest absolute Gasteiger partial charge is 0.306 e. The maximum atomic E-state index is 13.1. The highest BCUT2D eigenvalue weighted by Crippen LogP contribution is 2.17. The molecule has 0 aromatic carbocycles. The molecule has 3 atom stereocenters. The zero-order chi connectivity index (χ0) is 40.3. The molecule has 0 heterocycles. The van der Waals surface area contributed by atoms with Gasteiger partial charge in [0.25, 0.3) is 0 Å². The van der Waals surface area contributed by atoms with E-state index in [1.165, 1.54) is 103 Å². The van der Waals surface area contributed by atoms with Gasteiger partial charge in [0.1, 0.15) is 6.10 Å². The van der Waals surface area contributed by atoms with Crippen LogP contribution in [0.5, 0.6) is 0 Å². The minimum absolute atomic E-state index is 0.0413. The molecule has 6 nitrogen and oxygen atoms in total. The number of nitrogens with one attached hydrogen (secondary N) is 1. The predicted octanol–water partition coefficient (Wildman–Crippen LogP) is 13.5. The van der Waals surface area contributed by atoms with E-state index in [1.807, 2.05) is 0 Å². The van der Waals surface area contributed by atoms with E-state index in [-0.39, 0.29) is 24.9 Å². The van der Waals surface area contributed by atoms with Gasteiger partial charge in [0.2, 0.25) is 5.91 Å². The monoisotopic (exact) mass is 772 g/mol. The van der Waals surface area contributed by atoms with Crippen molar-refractivity contribution in [3.63, 3.8) is 0 Å². The maximum absolute atomic E-state index is 13.1. The fourth-order valence-corrected chi connectivity index (χ4v) is 6.90. The Labute approximate surface area is 340 Å². The Bertz CT molecular complexity index is 957. The molecule has 0 radical (unpaired) electrons. The van der Waals surface area contributed by atoms with Gasteiger partial charge < -0.3 is 20.3 Å². The number of hydrogen-bond acceptors (Lipinski definition) is 5. The lowest BCUT2D eigenvalue weighted by atomic mass is 10.0. The van der Waals surface area contributed by atoms with E-state index in [0.29, 0.717) is 19.3 Å². The van der Waals surface area contributed by atoms with Gasteiger partial charge in [-0.05, 0) is 57.8 Å². The third kappa shape index (κ3) is 38.5. The molecular formula is C49H89NO5. The Morgan fingerprint density at radius 2 is 0.982 bits per heavy atom. The standard InChI is InChI=1S/C49H89NO5/c1-4-7-10-13-16-19-21-23-25-26-29-31-34-37-40-45(55-49(54)42-39-36-33-28-18-15-12-9-6-3)43-48(53)50-46(44-51)47(52)41-38-35-32-30-27-24-22-20-17-14-11-8-5-2/h7,10,16,19,23,25,29,31,45-47,51-52H,4-6,8-9,11-15,17-18,20-22,24,26-28,30,32-44H2,1-3H3,(H,50,53)/b10-7+,19-16+,25-23+,31-29+. The van der Waals surface area contributed by atoms with E-state index in [1.54, 1.807) is 0 Å². The molecule has 0 aliphatic heterocycles. The number of aliphatic hydroxyl groups excluding tert-OH is 2. The summed E-state index contributed by atoms with van der Waals surface area (Å²) in [5, 5.41) is 23.6. The lowest BCUT2D eigenvalue weighted by molar-refractivity contribution is -0.151. The number of carbonyl (C=O) groups excluding carboxylic acids is 2. The van der Waals surface area contributed by atoms with E-state index in [4.69, 9.17) is 4.74 Å². The minimum Gasteiger partial charge on any atom is -0.462 e. The molecule has 0 aromatic rings. The van der Waals surface area contributed by atoms with Crippen LogP contribution >= 0.6 is 0 Å². The summed E-state index contributed by atoms with van der Waals surface area (Å²) in [7, 11) is 0. The molecule has 0 fully saturated rings. The number of carbonyl (C=O) groups is 2. The van der Waals surface area contributed by atoms with Crippen LogP contribution in [0.3, 0.4) is 0 Å². The van der Waals surface area contributed by atoms with Gasteiger partial charge in [0.15, 0.2) is 0 Å². The summed E-state index contributed by atoms with van der Waals surface area (Å²) in [6.45, 7) is 6.32.